The molecule has 1 atom stereocenters. The predicted octanol–water partition coefficient (Wildman–Crippen LogP) is 3.92. The Balaban J connectivity index is 1.31. The second kappa shape index (κ2) is 9.91. The summed E-state index contributed by atoms with van der Waals surface area (Å²) < 4.78 is 31.1. The SMILES string of the molecule is CS(=O)(=O)Nc1cc([C@@H](O)CNCCOc2ccc3c(c2)[nH]c2cc(C#N)ccc23)ccc1Cl. The Labute approximate surface area is 202 Å². The molecule has 3 aromatic carbocycles. The van der Waals surface area contributed by atoms with Gasteiger partial charge in [0.05, 0.1) is 40.2 Å². The lowest BCUT2D eigenvalue weighted by atomic mass is 10.1. The minimum Gasteiger partial charge on any atom is -0.492 e. The normalized spacial score (nSPS) is 12.5. The number of aliphatic hydroxyl groups is 1. The fourth-order valence-electron chi connectivity index (χ4n) is 3.67. The van der Waals surface area contributed by atoms with Crippen molar-refractivity contribution in [2.75, 3.05) is 30.7 Å². The second-order valence-corrected chi connectivity index (χ2v) is 10.0. The topological polar surface area (TPSA) is 127 Å². The van der Waals surface area contributed by atoms with Gasteiger partial charge >= 0.3 is 0 Å². The van der Waals surface area contributed by atoms with Crippen LogP contribution in [-0.4, -0.2) is 44.5 Å². The summed E-state index contributed by atoms with van der Waals surface area (Å²) in [4.78, 5) is 3.32. The number of sulfonamides is 1. The van der Waals surface area contributed by atoms with Gasteiger partial charge in [-0.15, -0.1) is 0 Å². The van der Waals surface area contributed by atoms with E-state index in [1.807, 2.05) is 30.3 Å². The first-order valence-electron chi connectivity index (χ1n) is 10.5. The standard InChI is InChI=1S/C24H23ClN4O4S/c1-34(31,32)29-23-11-16(3-7-20(23)25)24(30)14-27-8-9-33-17-4-6-19-18-5-2-15(13-26)10-21(18)28-22(19)12-17/h2-7,10-12,24,27-30H,8-9,14H2,1H3/t24-/m0/s1. The van der Waals surface area contributed by atoms with E-state index in [0.717, 1.165) is 28.1 Å². The van der Waals surface area contributed by atoms with Gasteiger partial charge in [0.1, 0.15) is 12.4 Å². The highest BCUT2D eigenvalue weighted by atomic mass is 35.5. The molecule has 1 aromatic heterocycles. The van der Waals surface area contributed by atoms with E-state index in [9.17, 15) is 13.5 Å². The number of anilines is 1. The quantitative estimate of drug-likeness (QED) is 0.259. The molecule has 0 aliphatic heterocycles. The minimum atomic E-state index is -3.48. The van der Waals surface area contributed by atoms with E-state index in [4.69, 9.17) is 21.6 Å². The van der Waals surface area contributed by atoms with Crippen molar-refractivity contribution >= 4 is 49.1 Å². The van der Waals surface area contributed by atoms with Crippen LogP contribution in [0.25, 0.3) is 21.8 Å². The van der Waals surface area contributed by atoms with Crippen molar-refractivity contribution in [3.8, 4) is 11.8 Å². The van der Waals surface area contributed by atoms with Crippen molar-refractivity contribution in [1.82, 2.24) is 10.3 Å². The van der Waals surface area contributed by atoms with E-state index in [-0.39, 0.29) is 17.3 Å². The van der Waals surface area contributed by atoms with Crippen LogP contribution in [-0.2, 0) is 10.0 Å². The van der Waals surface area contributed by atoms with E-state index in [0.29, 0.717) is 30.0 Å². The molecular weight excluding hydrogens is 476 g/mol. The molecular formula is C24H23ClN4O4S. The Hall–Kier alpha value is -3.29. The summed E-state index contributed by atoms with van der Waals surface area (Å²) in [7, 11) is -3.48. The highest BCUT2D eigenvalue weighted by molar-refractivity contribution is 7.92. The molecule has 0 radical (unpaired) electrons. The third kappa shape index (κ3) is 5.61. The molecule has 0 bridgehead atoms. The van der Waals surface area contributed by atoms with Crippen LogP contribution in [0.15, 0.2) is 54.6 Å². The molecule has 176 valence electrons. The van der Waals surface area contributed by atoms with E-state index in [2.05, 4.69) is 21.1 Å². The minimum absolute atomic E-state index is 0.222. The molecule has 1 heterocycles. The van der Waals surface area contributed by atoms with Gasteiger partial charge in [0.25, 0.3) is 0 Å². The fraction of sp³-hybridized carbons (Fsp3) is 0.208. The number of rotatable bonds is 9. The summed E-state index contributed by atoms with van der Waals surface area (Å²) >= 11 is 6.03. The van der Waals surface area contributed by atoms with Gasteiger partial charge in [0, 0.05) is 35.4 Å². The molecule has 0 fully saturated rings. The van der Waals surface area contributed by atoms with E-state index >= 15 is 0 Å². The molecule has 0 aliphatic carbocycles. The van der Waals surface area contributed by atoms with Crippen LogP contribution < -0.4 is 14.8 Å². The summed E-state index contributed by atoms with van der Waals surface area (Å²) in [6, 6.07) is 18.2. The molecule has 4 rings (SSSR count). The molecule has 10 heteroatoms. The van der Waals surface area contributed by atoms with Crippen LogP contribution in [0.2, 0.25) is 5.02 Å². The number of halogens is 1. The zero-order valence-electron chi connectivity index (χ0n) is 18.3. The van der Waals surface area contributed by atoms with Gasteiger partial charge in [0.2, 0.25) is 10.0 Å². The number of ether oxygens (including phenoxy) is 1. The van der Waals surface area contributed by atoms with Crippen molar-refractivity contribution in [3.05, 3.63) is 70.7 Å². The van der Waals surface area contributed by atoms with Crippen LogP contribution in [0.1, 0.15) is 17.2 Å². The Morgan fingerprint density at radius 3 is 2.59 bits per heavy atom. The number of nitriles is 1. The van der Waals surface area contributed by atoms with Crippen molar-refractivity contribution in [2.24, 2.45) is 0 Å². The van der Waals surface area contributed by atoms with E-state index in [1.165, 1.54) is 12.1 Å². The highest BCUT2D eigenvalue weighted by Crippen LogP contribution is 2.29. The van der Waals surface area contributed by atoms with Crippen molar-refractivity contribution in [1.29, 1.82) is 5.26 Å². The summed E-state index contributed by atoms with van der Waals surface area (Å²) in [5.41, 5.74) is 3.18. The van der Waals surface area contributed by atoms with Crippen molar-refractivity contribution in [2.45, 2.75) is 6.10 Å². The Kier molecular flexibility index (Phi) is 6.95. The smallest absolute Gasteiger partial charge is 0.229 e. The average molecular weight is 499 g/mol. The van der Waals surface area contributed by atoms with Crippen LogP contribution in [0.5, 0.6) is 5.75 Å². The van der Waals surface area contributed by atoms with Gasteiger partial charge in [-0.25, -0.2) is 8.42 Å². The number of aromatic amines is 1. The zero-order valence-corrected chi connectivity index (χ0v) is 19.9. The van der Waals surface area contributed by atoms with Gasteiger partial charge < -0.3 is 20.1 Å². The maximum atomic E-state index is 11.5. The van der Waals surface area contributed by atoms with E-state index < -0.39 is 16.1 Å². The molecule has 8 nitrogen and oxygen atoms in total. The van der Waals surface area contributed by atoms with Crippen LogP contribution >= 0.6 is 11.6 Å². The predicted molar refractivity (Wildman–Crippen MR) is 134 cm³/mol. The summed E-state index contributed by atoms with van der Waals surface area (Å²) in [5, 5.41) is 25.0. The van der Waals surface area contributed by atoms with Gasteiger partial charge in [-0.05, 0) is 42.0 Å². The third-order valence-electron chi connectivity index (χ3n) is 5.26. The van der Waals surface area contributed by atoms with Crippen molar-refractivity contribution < 1.29 is 18.3 Å². The third-order valence-corrected chi connectivity index (χ3v) is 6.18. The fourth-order valence-corrected chi connectivity index (χ4v) is 4.46. The summed E-state index contributed by atoms with van der Waals surface area (Å²) in [6.45, 7) is 1.14. The van der Waals surface area contributed by atoms with Gasteiger partial charge in [-0.1, -0.05) is 23.7 Å². The number of aliphatic hydroxyl groups excluding tert-OH is 1. The maximum absolute atomic E-state index is 11.5. The molecule has 34 heavy (non-hydrogen) atoms. The average Bonchev–Trinajstić information content (AvgIpc) is 3.16. The van der Waals surface area contributed by atoms with Crippen LogP contribution in [0.3, 0.4) is 0 Å². The number of benzene rings is 3. The number of aromatic nitrogens is 1. The van der Waals surface area contributed by atoms with Crippen molar-refractivity contribution in [3.63, 3.8) is 0 Å². The van der Waals surface area contributed by atoms with Crippen LogP contribution in [0.4, 0.5) is 5.69 Å². The zero-order chi connectivity index (χ0) is 24.3. The maximum Gasteiger partial charge on any atom is 0.229 e. The number of nitrogens with zero attached hydrogens (tertiary/aromatic N) is 1. The number of nitrogens with one attached hydrogen (secondary N) is 3. The first-order chi connectivity index (χ1) is 16.2. The first kappa shape index (κ1) is 23.9. The monoisotopic (exact) mass is 498 g/mol. The lowest BCUT2D eigenvalue weighted by molar-refractivity contribution is 0.172. The molecule has 0 amide bonds. The molecule has 0 saturated heterocycles. The Bertz CT molecular complexity index is 1490. The molecule has 0 unspecified atom stereocenters. The molecule has 0 spiro atoms. The number of H-pyrrole nitrogens is 1. The van der Waals surface area contributed by atoms with Gasteiger partial charge in [-0.3, -0.25) is 4.72 Å². The second-order valence-electron chi connectivity index (χ2n) is 7.89. The Morgan fingerprint density at radius 1 is 1.12 bits per heavy atom. The van der Waals surface area contributed by atoms with E-state index in [1.54, 1.807) is 12.1 Å². The molecule has 0 saturated carbocycles. The largest absolute Gasteiger partial charge is 0.492 e. The molecule has 4 aromatic rings. The molecule has 0 aliphatic rings. The molecule has 4 N–H and O–H groups in total. The number of hydrogen-bond donors (Lipinski definition) is 4. The summed E-state index contributed by atoms with van der Waals surface area (Å²) in [6.07, 6.45) is 0.187. The number of hydrogen-bond acceptors (Lipinski definition) is 6. The van der Waals surface area contributed by atoms with Gasteiger partial charge in [-0.2, -0.15) is 5.26 Å². The first-order valence-corrected chi connectivity index (χ1v) is 12.7. The van der Waals surface area contributed by atoms with Crippen LogP contribution in [0, 0.1) is 11.3 Å². The number of fused-ring (bicyclic) bond motifs is 3. The highest BCUT2D eigenvalue weighted by Gasteiger charge is 2.12. The summed E-state index contributed by atoms with van der Waals surface area (Å²) in [5.74, 6) is 0.705. The lowest BCUT2D eigenvalue weighted by Gasteiger charge is -2.15. The lowest BCUT2D eigenvalue weighted by Crippen LogP contribution is -2.26. The Morgan fingerprint density at radius 2 is 1.85 bits per heavy atom. The van der Waals surface area contributed by atoms with Gasteiger partial charge in [0.15, 0.2) is 0 Å².